The summed E-state index contributed by atoms with van der Waals surface area (Å²) in [7, 11) is 1.78. The molecule has 0 amide bonds. The van der Waals surface area contributed by atoms with Crippen LogP contribution in [0.15, 0.2) is 24.3 Å². The number of fused-ring (bicyclic) bond motifs is 5. The Bertz CT molecular complexity index is 1140. The first-order chi connectivity index (χ1) is 21.3. The van der Waals surface area contributed by atoms with Gasteiger partial charge in [-0.25, -0.2) is 4.98 Å². The standard InChI is InChI=1S/C37H58N4O2/c1-42-19-5-2-6-20-43-21-18-39-17-9-12-30(27-39)37-38-35-15-3-4-16-36(35)41(37)34-25-31-13-8-14-32(26-34)40(31)33-23-28-10-7-11-29(22-28)24-33/h3-4,15-16,28-34H,2,5-14,17-27H2,1H3. The van der Waals surface area contributed by atoms with E-state index in [1.54, 1.807) is 7.11 Å². The first-order valence-corrected chi connectivity index (χ1v) is 18.3. The zero-order valence-electron chi connectivity index (χ0n) is 27.0. The highest BCUT2D eigenvalue weighted by atomic mass is 16.5. The summed E-state index contributed by atoms with van der Waals surface area (Å²) in [6, 6.07) is 12.0. The van der Waals surface area contributed by atoms with E-state index in [9.17, 15) is 0 Å². The van der Waals surface area contributed by atoms with E-state index in [-0.39, 0.29) is 0 Å². The number of hydrogen-bond donors (Lipinski definition) is 0. The van der Waals surface area contributed by atoms with Crippen molar-refractivity contribution in [3.63, 3.8) is 0 Å². The van der Waals surface area contributed by atoms with Gasteiger partial charge in [0.05, 0.1) is 17.6 Å². The number of piperidine rings is 3. The van der Waals surface area contributed by atoms with Crippen molar-refractivity contribution in [2.75, 3.05) is 46.6 Å². The van der Waals surface area contributed by atoms with Gasteiger partial charge in [0.25, 0.3) is 0 Å². The average molecular weight is 591 g/mol. The number of aromatic nitrogens is 2. The van der Waals surface area contributed by atoms with Gasteiger partial charge in [0.2, 0.25) is 0 Å². The van der Waals surface area contributed by atoms with Crippen LogP contribution in [0.5, 0.6) is 0 Å². The topological polar surface area (TPSA) is 42.8 Å². The largest absolute Gasteiger partial charge is 0.385 e. The van der Waals surface area contributed by atoms with Gasteiger partial charge in [0.15, 0.2) is 0 Å². The van der Waals surface area contributed by atoms with Crippen LogP contribution in [0, 0.1) is 11.8 Å². The first kappa shape index (κ1) is 30.2. The van der Waals surface area contributed by atoms with Gasteiger partial charge < -0.3 is 18.9 Å². The second kappa shape index (κ2) is 14.3. The Hall–Kier alpha value is -1.47. The molecule has 5 fully saturated rings. The van der Waals surface area contributed by atoms with Gasteiger partial charge >= 0.3 is 0 Å². The van der Waals surface area contributed by atoms with Gasteiger partial charge in [0.1, 0.15) is 5.82 Å². The smallest absolute Gasteiger partial charge is 0.114 e. The van der Waals surface area contributed by atoms with Crippen molar-refractivity contribution in [2.24, 2.45) is 11.8 Å². The third kappa shape index (κ3) is 6.88. The van der Waals surface area contributed by atoms with Gasteiger partial charge in [-0.2, -0.15) is 0 Å². The van der Waals surface area contributed by atoms with E-state index >= 15 is 0 Å². The minimum atomic E-state index is 0.519. The molecule has 43 heavy (non-hydrogen) atoms. The molecule has 1 aromatic heterocycles. The molecule has 3 saturated heterocycles. The molecule has 2 aromatic rings. The van der Waals surface area contributed by atoms with Crippen molar-refractivity contribution in [1.82, 2.24) is 19.4 Å². The number of methoxy groups -OCH3 is 1. The molecule has 4 bridgehead atoms. The molecule has 0 spiro atoms. The van der Waals surface area contributed by atoms with Gasteiger partial charge in [-0.15, -0.1) is 0 Å². The van der Waals surface area contributed by atoms with Gasteiger partial charge in [-0.1, -0.05) is 37.8 Å². The molecule has 1 aromatic carbocycles. The predicted molar refractivity (Wildman–Crippen MR) is 175 cm³/mol. The van der Waals surface area contributed by atoms with Crippen LogP contribution in [0.2, 0.25) is 0 Å². The molecule has 5 atom stereocenters. The third-order valence-corrected chi connectivity index (χ3v) is 12.1. The average Bonchev–Trinajstić information content (AvgIpc) is 3.41. The van der Waals surface area contributed by atoms with Crippen LogP contribution < -0.4 is 0 Å². The lowest BCUT2D eigenvalue weighted by atomic mass is 9.68. The fourth-order valence-corrected chi connectivity index (χ4v) is 10.3. The first-order valence-electron chi connectivity index (χ1n) is 18.3. The number of unbranched alkanes of at least 4 members (excludes halogenated alkanes) is 2. The molecule has 0 N–H and O–H groups in total. The Kier molecular flexibility index (Phi) is 10.0. The summed E-state index contributed by atoms with van der Waals surface area (Å²) in [6.07, 6.45) is 21.9. The van der Waals surface area contributed by atoms with E-state index in [0.29, 0.717) is 12.0 Å². The zero-order valence-corrected chi connectivity index (χ0v) is 27.0. The summed E-state index contributed by atoms with van der Waals surface area (Å²) >= 11 is 0. The van der Waals surface area contributed by atoms with Gasteiger partial charge in [-0.3, -0.25) is 4.90 Å². The molecular weight excluding hydrogens is 532 g/mol. The molecule has 6 nitrogen and oxygen atoms in total. The molecule has 4 heterocycles. The van der Waals surface area contributed by atoms with Crippen LogP contribution in [0.1, 0.15) is 121 Å². The van der Waals surface area contributed by atoms with E-state index in [1.807, 2.05) is 0 Å². The van der Waals surface area contributed by atoms with E-state index in [0.717, 1.165) is 75.7 Å². The van der Waals surface area contributed by atoms with Crippen LogP contribution in [0.4, 0.5) is 0 Å². The van der Waals surface area contributed by atoms with E-state index in [2.05, 4.69) is 38.6 Å². The summed E-state index contributed by atoms with van der Waals surface area (Å²) < 4.78 is 14.0. The SMILES string of the molecule is COCCCCCOCCN1CCCC(c2nc3ccccc3n2C2CC3CCCC(C2)N3C2CC3CCCC(C3)C2)C1. The van der Waals surface area contributed by atoms with E-state index < -0.39 is 0 Å². The van der Waals surface area contributed by atoms with Crippen molar-refractivity contribution in [3.05, 3.63) is 30.1 Å². The van der Waals surface area contributed by atoms with Crippen molar-refractivity contribution < 1.29 is 9.47 Å². The highest BCUT2D eigenvalue weighted by Crippen LogP contribution is 2.48. The third-order valence-electron chi connectivity index (χ3n) is 12.1. The Morgan fingerprint density at radius 2 is 1.51 bits per heavy atom. The van der Waals surface area contributed by atoms with E-state index in [4.69, 9.17) is 14.5 Å². The lowest BCUT2D eigenvalue weighted by Crippen LogP contribution is -2.58. The highest BCUT2D eigenvalue weighted by Gasteiger charge is 2.45. The Labute approximate surface area is 260 Å². The van der Waals surface area contributed by atoms with Crippen LogP contribution in [-0.2, 0) is 9.47 Å². The molecule has 2 aliphatic carbocycles. The summed E-state index contributed by atoms with van der Waals surface area (Å²) in [4.78, 5) is 11.2. The maximum absolute atomic E-state index is 6.04. The lowest BCUT2D eigenvalue weighted by Gasteiger charge is -2.55. The molecule has 2 saturated carbocycles. The fourth-order valence-electron chi connectivity index (χ4n) is 10.3. The molecule has 3 aliphatic heterocycles. The Morgan fingerprint density at radius 3 is 2.33 bits per heavy atom. The maximum Gasteiger partial charge on any atom is 0.114 e. The Morgan fingerprint density at radius 1 is 0.744 bits per heavy atom. The zero-order chi connectivity index (χ0) is 29.0. The highest BCUT2D eigenvalue weighted by molar-refractivity contribution is 5.76. The normalized spacial score (nSPS) is 33.7. The second-order valence-electron chi connectivity index (χ2n) is 15.0. The van der Waals surface area contributed by atoms with Crippen LogP contribution in [-0.4, -0.2) is 84.0 Å². The maximum atomic E-state index is 6.04. The Balaban J connectivity index is 1.03. The number of nitrogens with zero attached hydrogens (tertiary/aromatic N) is 4. The predicted octanol–water partition coefficient (Wildman–Crippen LogP) is 7.58. The fraction of sp³-hybridized carbons (Fsp3) is 0.811. The molecular formula is C37H58N4O2. The van der Waals surface area contributed by atoms with Crippen molar-refractivity contribution >= 4 is 11.0 Å². The van der Waals surface area contributed by atoms with Crippen LogP contribution in [0.25, 0.3) is 11.0 Å². The number of ether oxygens (including phenoxy) is 2. The summed E-state index contributed by atoms with van der Waals surface area (Å²) in [5, 5.41) is 0. The number of para-hydroxylation sites is 2. The molecule has 238 valence electrons. The lowest BCUT2D eigenvalue weighted by molar-refractivity contribution is -0.0487. The van der Waals surface area contributed by atoms with Gasteiger partial charge in [0, 0.05) is 63.5 Å². The van der Waals surface area contributed by atoms with Crippen LogP contribution >= 0.6 is 0 Å². The second-order valence-corrected chi connectivity index (χ2v) is 15.0. The van der Waals surface area contributed by atoms with Crippen molar-refractivity contribution in [1.29, 1.82) is 0 Å². The van der Waals surface area contributed by atoms with E-state index in [1.165, 1.54) is 113 Å². The quantitative estimate of drug-likeness (QED) is 0.239. The molecule has 7 rings (SSSR count). The number of hydrogen-bond acceptors (Lipinski definition) is 5. The van der Waals surface area contributed by atoms with Crippen LogP contribution in [0.3, 0.4) is 0 Å². The minimum Gasteiger partial charge on any atom is -0.385 e. The number of benzene rings is 1. The number of likely N-dealkylation sites (tertiary alicyclic amines) is 1. The molecule has 6 heteroatoms. The molecule has 0 radical (unpaired) electrons. The summed E-state index contributed by atoms with van der Waals surface area (Å²) in [5.41, 5.74) is 2.59. The molecule has 5 aliphatic rings. The monoisotopic (exact) mass is 590 g/mol. The summed E-state index contributed by atoms with van der Waals surface area (Å²) in [5.74, 6) is 3.93. The van der Waals surface area contributed by atoms with Gasteiger partial charge in [-0.05, 0) is 108 Å². The minimum absolute atomic E-state index is 0.519. The van der Waals surface area contributed by atoms with Crippen molar-refractivity contribution in [3.8, 4) is 0 Å². The van der Waals surface area contributed by atoms with Crippen molar-refractivity contribution in [2.45, 2.75) is 133 Å². The molecule has 5 unspecified atom stereocenters. The number of imidazole rings is 1. The summed E-state index contributed by atoms with van der Waals surface area (Å²) in [6.45, 7) is 5.94. The number of rotatable bonds is 12.